The average Bonchev–Trinajstić information content (AvgIpc) is 2.63. The van der Waals surface area contributed by atoms with Gasteiger partial charge in [0.25, 0.3) is 0 Å². The molecule has 150 valence electrons. The molecule has 0 radical (unpaired) electrons. The van der Waals surface area contributed by atoms with E-state index in [2.05, 4.69) is 21.7 Å². The maximum Gasteiger partial charge on any atom is 0.246 e. The van der Waals surface area contributed by atoms with Crippen LogP contribution in [0.1, 0.15) is 24.8 Å². The number of nitrogens with one attached hydrogen (secondary N) is 1. The maximum absolute atomic E-state index is 11.6. The summed E-state index contributed by atoms with van der Waals surface area (Å²) in [6.07, 6.45) is 4.53. The van der Waals surface area contributed by atoms with Crippen molar-refractivity contribution in [3.05, 3.63) is 42.2 Å². The Hall–Kier alpha value is -2.21. The number of benzene rings is 1. The molecule has 1 amide bonds. The zero-order valence-electron chi connectivity index (χ0n) is 16.3. The van der Waals surface area contributed by atoms with Gasteiger partial charge in [0.05, 0.1) is 18.0 Å². The first-order valence-electron chi connectivity index (χ1n) is 10.4. The number of nitrogens with zero attached hydrogens (tertiary/aromatic N) is 2. The summed E-state index contributed by atoms with van der Waals surface area (Å²) in [5.41, 5.74) is 1.51. The minimum atomic E-state index is -0.0124. The number of carbonyl (C=O) groups excluding carboxylic acids is 1. The Morgan fingerprint density at radius 3 is 2.86 bits per heavy atom. The van der Waals surface area contributed by atoms with Crippen molar-refractivity contribution in [2.45, 2.75) is 37.8 Å². The molecule has 0 bridgehead atoms. The third-order valence-electron chi connectivity index (χ3n) is 7.05. The summed E-state index contributed by atoms with van der Waals surface area (Å²) >= 11 is 0. The summed E-state index contributed by atoms with van der Waals surface area (Å²) < 4.78 is 5.65. The molecule has 6 nitrogen and oxygen atoms in total. The van der Waals surface area contributed by atoms with Crippen LogP contribution in [0.25, 0.3) is 0 Å². The van der Waals surface area contributed by atoms with E-state index < -0.39 is 0 Å². The van der Waals surface area contributed by atoms with Crippen LogP contribution in [0.3, 0.4) is 0 Å². The largest absolute Gasteiger partial charge is 0.508 e. The number of rotatable bonds is 4. The molecule has 2 atom stereocenters. The van der Waals surface area contributed by atoms with Crippen molar-refractivity contribution in [3.8, 4) is 5.75 Å². The fourth-order valence-electron chi connectivity index (χ4n) is 5.64. The van der Waals surface area contributed by atoms with E-state index in [1.807, 2.05) is 18.2 Å². The molecule has 5 rings (SSSR count). The zero-order valence-corrected chi connectivity index (χ0v) is 16.3. The van der Waals surface area contributed by atoms with Gasteiger partial charge in [-0.3, -0.25) is 4.79 Å². The van der Waals surface area contributed by atoms with Gasteiger partial charge >= 0.3 is 0 Å². The molecule has 2 N–H and O–H groups in total. The second-order valence-electron chi connectivity index (χ2n) is 9.14. The third kappa shape index (κ3) is 3.13. The summed E-state index contributed by atoms with van der Waals surface area (Å²) in [5, 5.41) is 13.0. The molecule has 1 aromatic rings. The quantitative estimate of drug-likeness (QED) is 0.829. The normalized spacial score (nSPS) is 28.9. The fourth-order valence-corrected chi connectivity index (χ4v) is 5.64. The molecule has 1 saturated carbocycles. The minimum Gasteiger partial charge on any atom is -0.508 e. The lowest BCUT2D eigenvalue weighted by molar-refractivity contribution is -0.141. The summed E-state index contributed by atoms with van der Waals surface area (Å²) in [4.78, 5) is 16.3. The zero-order chi connectivity index (χ0) is 19.3. The lowest BCUT2D eigenvalue weighted by atomic mass is 9.56. The molecular weight excluding hydrogens is 354 g/mol. The van der Waals surface area contributed by atoms with Crippen LogP contribution in [-0.2, 0) is 16.0 Å². The first kappa shape index (κ1) is 17.9. The van der Waals surface area contributed by atoms with Crippen molar-refractivity contribution in [2.24, 2.45) is 11.3 Å². The van der Waals surface area contributed by atoms with Crippen LogP contribution in [0.15, 0.2) is 36.7 Å². The van der Waals surface area contributed by atoms with Crippen molar-refractivity contribution in [3.63, 3.8) is 0 Å². The van der Waals surface area contributed by atoms with Gasteiger partial charge in [0.1, 0.15) is 12.4 Å². The number of amides is 1. The molecule has 4 aliphatic rings. The number of ether oxygens (including phenoxy) is 1. The number of morpholine rings is 1. The molecule has 4 fully saturated rings. The Morgan fingerprint density at radius 2 is 2.07 bits per heavy atom. The van der Waals surface area contributed by atoms with E-state index in [0.717, 1.165) is 50.4 Å². The Morgan fingerprint density at radius 1 is 1.29 bits per heavy atom. The van der Waals surface area contributed by atoms with Crippen molar-refractivity contribution < 1.29 is 14.6 Å². The second kappa shape index (κ2) is 6.69. The van der Waals surface area contributed by atoms with Gasteiger partial charge in [-0.2, -0.15) is 0 Å². The molecule has 3 heterocycles. The number of carbonyl (C=O) groups is 1. The maximum atomic E-state index is 11.6. The number of fused-ring (bicyclic) bond motifs is 1. The highest BCUT2D eigenvalue weighted by atomic mass is 16.5. The molecule has 1 aliphatic carbocycles. The van der Waals surface area contributed by atoms with Crippen molar-refractivity contribution in [2.75, 3.05) is 32.8 Å². The summed E-state index contributed by atoms with van der Waals surface area (Å²) in [7, 11) is 0. The van der Waals surface area contributed by atoms with Crippen LogP contribution in [-0.4, -0.2) is 65.7 Å². The predicted molar refractivity (Wildman–Crippen MR) is 106 cm³/mol. The van der Waals surface area contributed by atoms with Crippen LogP contribution < -0.4 is 5.32 Å². The molecule has 1 spiro atoms. The average molecular weight is 383 g/mol. The van der Waals surface area contributed by atoms with Gasteiger partial charge in [-0.05, 0) is 43.2 Å². The Bertz CT molecular complexity index is 781. The van der Waals surface area contributed by atoms with E-state index in [1.54, 1.807) is 6.07 Å². The van der Waals surface area contributed by atoms with Crippen LogP contribution in [0, 0.1) is 11.3 Å². The van der Waals surface area contributed by atoms with Crippen LogP contribution in [0.5, 0.6) is 5.75 Å². The van der Waals surface area contributed by atoms with Crippen LogP contribution in [0.2, 0.25) is 0 Å². The monoisotopic (exact) mass is 383 g/mol. The number of hydrogen-bond donors (Lipinski definition) is 2. The van der Waals surface area contributed by atoms with Crippen molar-refractivity contribution >= 4 is 5.91 Å². The highest BCUT2D eigenvalue weighted by Gasteiger charge is 2.53. The topological polar surface area (TPSA) is 65.0 Å². The lowest BCUT2D eigenvalue weighted by Crippen LogP contribution is -2.65. The first-order valence-corrected chi connectivity index (χ1v) is 10.4. The SMILES string of the molecule is C=C(N1CCC2OCC(=O)NC2C1)N1CC2(CC(Cc3ccccc3O)C2)C1. The standard InChI is InChI=1S/C22H29N3O3/c1-15(24-7-6-20-18(11-24)23-21(27)12-28-20)25-13-22(14-25)9-16(10-22)8-17-4-2-3-5-19(17)26/h2-5,16,18,20,26H,1,6-14H2,(H,23,27). The summed E-state index contributed by atoms with van der Waals surface area (Å²) in [5.74, 6) is 2.18. The summed E-state index contributed by atoms with van der Waals surface area (Å²) in [6.45, 7) is 8.42. The number of para-hydroxylation sites is 1. The Balaban J connectivity index is 1.10. The van der Waals surface area contributed by atoms with Gasteiger partial charge in [0, 0.05) is 31.6 Å². The van der Waals surface area contributed by atoms with Gasteiger partial charge in [-0.1, -0.05) is 24.8 Å². The number of aromatic hydroxyl groups is 1. The fraction of sp³-hybridized carbons (Fsp3) is 0.591. The highest BCUT2D eigenvalue weighted by molar-refractivity contribution is 5.78. The van der Waals surface area contributed by atoms with Crippen molar-refractivity contribution in [1.82, 2.24) is 15.1 Å². The van der Waals surface area contributed by atoms with Crippen LogP contribution >= 0.6 is 0 Å². The van der Waals surface area contributed by atoms with E-state index in [1.165, 1.54) is 12.8 Å². The van der Waals surface area contributed by atoms with Gasteiger partial charge in [-0.15, -0.1) is 0 Å². The van der Waals surface area contributed by atoms with E-state index >= 15 is 0 Å². The minimum absolute atomic E-state index is 0.0124. The number of piperidine rings is 1. The molecule has 0 aromatic heterocycles. The Labute approximate surface area is 166 Å². The van der Waals surface area contributed by atoms with Gasteiger partial charge < -0.3 is 25.0 Å². The Kier molecular flexibility index (Phi) is 4.27. The number of likely N-dealkylation sites (tertiary alicyclic amines) is 2. The lowest BCUT2D eigenvalue weighted by Gasteiger charge is -2.61. The molecule has 28 heavy (non-hydrogen) atoms. The molecule has 2 unspecified atom stereocenters. The molecular formula is C22H29N3O3. The predicted octanol–water partition coefficient (Wildman–Crippen LogP) is 1.71. The van der Waals surface area contributed by atoms with E-state index in [-0.39, 0.29) is 24.7 Å². The third-order valence-corrected chi connectivity index (χ3v) is 7.05. The number of phenols is 1. The van der Waals surface area contributed by atoms with Crippen LogP contribution in [0.4, 0.5) is 0 Å². The number of phenolic OH excluding ortho intramolecular Hbond substituents is 1. The summed E-state index contributed by atoms with van der Waals surface area (Å²) in [6, 6.07) is 7.77. The molecule has 1 aromatic carbocycles. The highest BCUT2D eigenvalue weighted by Crippen LogP contribution is 2.54. The van der Waals surface area contributed by atoms with E-state index in [0.29, 0.717) is 17.1 Å². The molecule has 3 saturated heterocycles. The van der Waals surface area contributed by atoms with Gasteiger partial charge in [0.15, 0.2) is 0 Å². The van der Waals surface area contributed by atoms with Gasteiger partial charge in [-0.25, -0.2) is 0 Å². The molecule has 6 heteroatoms. The molecule has 3 aliphatic heterocycles. The van der Waals surface area contributed by atoms with E-state index in [4.69, 9.17) is 4.74 Å². The first-order chi connectivity index (χ1) is 13.5. The number of hydrogen-bond acceptors (Lipinski definition) is 5. The second-order valence-corrected chi connectivity index (χ2v) is 9.14. The van der Waals surface area contributed by atoms with E-state index in [9.17, 15) is 9.90 Å². The smallest absolute Gasteiger partial charge is 0.246 e. The van der Waals surface area contributed by atoms with Gasteiger partial charge in [0.2, 0.25) is 5.91 Å². The van der Waals surface area contributed by atoms with Crippen molar-refractivity contribution in [1.29, 1.82) is 0 Å².